The second-order valence-electron chi connectivity index (χ2n) is 10.8. The number of amides is 2. The molecular weight excluding hydrogens is 562 g/mol. The normalized spacial score (nSPS) is 12.4. The van der Waals surface area contributed by atoms with Gasteiger partial charge in [0.25, 0.3) is 10.0 Å². The Labute approximate surface area is 248 Å². The summed E-state index contributed by atoms with van der Waals surface area (Å²) < 4.78 is 34.5. The van der Waals surface area contributed by atoms with Gasteiger partial charge in [-0.25, -0.2) is 8.42 Å². The van der Waals surface area contributed by atoms with Crippen LogP contribution in [-0.4, -0.2) is 50.4 Å². The lowest BCUT2D eigenvalue weighted by Crippen LogP contribution is -2.55. The van der Waals surface area contributed by atoms with E-state index in [0.717, 1.165) is 15.4 Å². The molecule has 0 saturated heterocycles. The van der Waals surface area contributed by atoms with Gasteiger partial charge in [-0.15, -0.1) is 0 Å². The molecule has 0 fully saturated rings. The zero-order valence-electron chi connectivity index (χ0n) is 24.3. The highest BCUT2D eigenvalue weighted by Crippen LogP contribution is 2.35. The fraction of sp³-hybridized carbons (Fsp3) is 0.355. The van der Waals surface area contributed by atoms with Gasteiger partial charge < -0.3 is 15.0 Å². The van der Waals surface area contributed by atoms with Crippen LogP contribution in [0.2, 0.25) is 5.02 Å². The van der Waals surface area contributed by atoms with Gasteiger partial charge in [0.15, 0.2) is 0 Å². The predicted octanol–water partition coefficient (Wildman–Crippen LogP) is 5.57. The average Bonchev–Trinajstić information content (AvgIpc) is 2.92. The number of aryl methyl sites for hydroxylation is 1. The molecule has 10 heteroatoms. The Hall–Kier alpha value is -3.56. The van der Waals surface area contributed by atoms with Crippen molar-refractivity contribution in [2.24, 2.45) is 0 Å². The van der Waals surface area contributed by atoms with E-state index in [1.807, 2.05) is 58.9 Å². The first-order valence-electron chi connectivity index (χ1n) is 13.4. The first-order valence-corrected chi connectivity index (χ1v) is 15.2. The summed E-state index contributed by atoms with van der Waals surface area (Å²) in [5, 5.41) is 3.24. The van der Waals surface area contributed by atoms with Crippen molar-refractivity contribution in [3.8, 4) is 5.75 Å². The van der Waals surface area contributed by atoms with Crippen molar-refractivity contribution in [1.29, 1.82) is 0 Å². The fourth-order valence-corrected chi connectivity index (χ4v) is 6.04. The van der Waals surface area contributed by atoms with E-state index in [2.05, 4.69) is 5.32 Å². The van der Waals surface area contributed by atoms with Crippen molar-refractivity contribution in [3.05, 3.63) is 88.9 Å². The van der Waals surface area contributed by atoms with Gasteiger partial charge in [0.05, 0.1) is 17.7 Å². The van der Waals surface area contributed by atoms with Crippen LogP contribution in [0.3, 0.4) is 0 Å². The van der Waals surface area contributed by atoms with Crippen molar-refractivity contribution in [2.75, 3.05) is 18.0 Å². The Bertz CT molecular complexity index is 1470. The molecular formula is C31H38ClN3O5S. The quantitative estimate of drug-likeness (QED) is 0.311. The Morgan fingerprint density at radius 1 is 1.00 bits per heavy atom. The zero-order valence-corrected chi connectivity index (χ0v) is 25.9. The van der Waals surface area contributed by atoms with E-state index in [-0.39, 0.29) is 33.8 Å². The zero-order chi connectivity index (χ0) is 30.4. The highest BCUT2D eigenvalue weighted by atomic mass is 35.5. The Morgan fingerprint density at radius 2 is 1.63 bits per heavy atom. The fourth-order valence-electron chi connectivity index (χ4n) is 4.43. The highest BCUT2D eigenvalue weighted by Gasteiger charge is 2.35. The molecule has 0 aliphatic carbocycles. The maximum Gasteiger partial charge on any atom is 0.264 e. The molecule has 0 aromatic heterocycles. The molecule has 0 spiro atoms. The van der Waals surface area contributed by atoms with E-state index in [9.17, 15) is 18.0 Å². The summed E-state index contributed by atoms with van der Waals surface area (Å²) in [5.74, 6) is -0.643. The molecule has 0 heterocycles. The second-order valence-corrected chi connectivity index (χ2v) is 13.1. The van der Waals surface area contributed by atoms with Crippen LogP contribution < -0.4 is 14.4 Å². The van der Waals surface area contributed by atoms with Crippen LogP contribution in [0.4, 0.5) is 5.69 Å². The van der Waals surface area contributed by atoms with Gasteiger partial charge in [-0.2, -0.15) is 0 Å². The van der Waals surface area contributed by atoms with Gasteiger partial charge in [-0.1, -0.05) is 61.0 Å². The number of nitrogens with one attached hydrogen (secondary N) is 1. The number of carbonyl (C=O) groups excluding carboxylic acids is 2. The molecule has 1 N–H and O–H groups in total. The molecule has 3 aromatic carbocycles. The average molecular weight is 600 g/mol. The van der Waals surface area contributed by atoms with E-state index in [1.165, 1.54) is 30.2 Å². The van der Waals surface area contributed by atoms with E-state index in [1.54, 1.807) is 30.3 Å². The van der Waals surface area contributed by atoms with Crippen LogP contribution in [0.25, 0.3) is 0 Å². The van der Waals surface area contributed by atoms with Gasteiger partial charge in [-0.05, 0) is 75.6 Å². The first-order chi connectivity index (χ1) is 19.3. The molecule has 0 unspecified atom stereocenters. The number of methoxy groups -OCH3 is 1. The molecule has 2 amide bonds. The van der Waals surface area contributed by atoms with Crippen LogP contribution >= 0.6 is 11.6 Å². The number of benzene rings is 3. The molecule has 220 valence electrons. The molecule has 3 aromatic rings. The lowest BCUT2D eigenvalue weighted by molar-refractivity contribution is -0.141. The number of hydrogen-bond donors (Lipinski definition) is 1. The molecule has 41 heavy (non-hydrogen) atoms. The number of rotatable bonds is 11. The van der Waals surface area contributed by atoms with Gasteiger partial charge >= 0.3 is 0 Å². The van der Waals surface area contributed by atoms with Crippen molar-refractivity contribution < 1.29 is 22.7 Å². The second kappa shape index (κ2) is 13.4. The van der Waals surface area contributed by atoms with E-state index in [0.29, 0.717) is 6.42 Å². The van der Waals surface area contributed by atoms with Gasteiger partial charge in [0.2, 0.25) is 11.8 Å². The van der Waals surface area contributed by atoms with Crippen LogP contribution in [0, 0.1) is 6.92 Å². The lowest BCUT2D eigenvalue weighted by atomic mass is 10.0. The molecule has 0 aliphatic rings. The topological polar surface area (TPSA) is 96.0 Å². The lowest BCUT2D eigenvalue weighted by Gasteiger charge is -2.35. The van der Waals surface area contributed by atoms with E-state index in [4.69, 9.17) is 16.3 Å². The minimum Gasteiger partial charge on any atom is -0.495 e. The van der Waals surface area contributed by atoms with Gasteiger partial charge in [-0.3, -0.25) is 13.9 Å². The number of ether oxygens (including phenoxy) is 1. The Kier molecular flexibility index (Phi) is 10.4. The number of sulfonamides is 1. The number of halogens is 1. The summed E-state index contributed by atoms with van der Waals surface area (Å²) in [6.45, 7) is 8.88. The predicted molar refractivity (Wildman–Crippen MR) is 163 cm³/mol. The summed E-state index contributed by atoms with van der Waals surface area (Å²) in [6.07, 6.45) is 0.325. The summed E-state index contributed by atoms with van der Waals surface area (Å²) >= 11 is 6.29. The maximum atomic E-state index is 14.2. The molecule has 0 radical (unpaired) electrons. The van der Waals surface area contributed by atoms with Crippen LogP contribution in [0.5, 0.6) is 5.75 Å². The van der Waals surface area contributed by atoms with Crippen LogP contribution in [-0.2, 0) is 26.2 Å². The van der Waals surface area contributed by atoms with Crippen molar-refractivity contribution >= 4 is 39.1 Å². The van der Waals surface area contributed by atoms with E-state index >= 15 is 0 Å². The SMILES string of the molecule is CC[C@@H](C(=O)NC(C)(C)C)N(Cc1ccccc1C)C(=O)CN(c1cc(Cl)ccc1OC)S(=O)(=O)c1ccccc1. The molecule has 0 aliphatic heterocycles. The third kappa shape index (κ3) is 8.01. The van der Waals surface area contributed by atoms with Crippen molar-refractivity contribution in [3.63, 3.8) is 0 Å². The summed E-state index contributed by atoms with van der Waals surface area (Å²) in [4.78, 5) is 29.1. The highest BCUT2D eigenvalue weighted by molar-refractivity contribution is 7.92. The number of hydrogen-bond acceptors (Lipinski definition) is 5. The summed E-state index contributed by atoms with van der Waals surface area (Å²) in [6, 6.07) is 19.1. The summed E-state index contributed by atoms with van der Waals surface area (Å²) in [7, 11) is -2.83. The summed E-state index contributed by atoms with van der Waals surface area (Å²) in [5.41, 5.74) is 1.38. The molecule has 3 rings (SSSR count). The third-order valence-electron chi connectivity index (χ3n) is 6.51. The molecule has 0 saturated carbocycles. The van der Waals surface area contributed by atoms with E-state index < -0.39 is 34.1 Å². The number of anilines is 1. The van der Waals surface area contributed by atoms with Crippen LogP contribution in [0.1, 0.15) is 45.2 Å². The maximum absolute atomic E-state index is 14.2. The van der Waals surface area contributed by atoms with Crippen molar-refractivity contribution in [1.82, 2.24) is 10.2 Å². The molecule has 0 bridgehead atoms. The molecule has 1 atom stereocenters. The number of carbonyl (C=O) groups is 2. The monoisotopic (exact) mass is 599 g/mol. The number of nitrogens with zero attached hydrogens (tertiary/aromatic N) is 2. The molecule has 8 nitrogen and oxygen atoms in total. The van der Waals surface area contributed by atoms with Crippen molar-refractivity contribution in [2.45, 2.75) is 64.1 Å². The largest absolute Gasteiger partial charge is 0.495 e. The minimum atomic E-state index is -4.25. The van der Waals surface area contributed by atoms with Gasteiger partial charge in [0.1, 0.15) is 18.3 Å². The Balaban J connectivity index is 2.14. The third-order valence-corrected chi connectivity index (χ3v) is 8.51. The first kappa shape index (κ1) is 32.0. The smallest absolute Gasteiger partial charge is 0.264 e. The standard InChI is InChI=1S/C31H38ClN3O5S/c1-7-26(30(37)33-31(3,4)5)34(20-23-14-12-11-13-22(23)2)29(36)21-35(27-19-24(32)17-18-28(27)40-6)41(38,39)25-15-9-8-10-16-25/h8-19,26H,7,20-21H2,1-6H3,(H,33,37)/t26-/m0/s1. The van der Waals surface area contributed by atoms with Crippen LogP contribution in [0.15, 0.2) is 77.7 Å². The minimum absolute atomic E-state index is 0.00204. The Morgan fingerprint density at radius 3 is 2.22 bits per heavy atom. The van der Waals surface area contributed by atoms with Gasteiger partial charge in [0, 0.05) is 17.1 Å².